The summed E-state index contributed by atoms with van der Waals surface area (Å²) in [5.74, 6) is 0.750. The van der Waals surface area contributed by atoms with Gasteiger partial charge >= 0.3 is 5.69 Å². The Morgan fingerprint density at radius 1 is 1.12 bits per heavy atom. The highest BCUT2D eigenvalue weighted by Crippen LogP contribution is 2.42. The molecule has 0 aliphatic heterocycles. The van der Waals surface area contributed by atoms with Gasteiger partial charge in [-0.3, -0.25) is 10.1 Å². The van der Waals surface area contributed by atoms with Crippen molar-refractivity contribution >= 4 is 15.7 Å². The van der Waals surface area contributed by atoms with E-state index in [-0.39, 0.29) is 17.4 Å². The van der Waals surface area contributed by atoms with Crippen molar-refractivity contribution in [1.29, 1.82) is 0 Å². The summed E-state index contributed by atoms with van der Waals surface area (Å²) in [5, 5.41) is 16.8. The second-order valence-electron chi connectivity index (χ2n) is 5.48. The molecule has 0 fully saturated rings. The third-order valence-electron chi connectivity index (χ3n) is 3.33. The van der Waals surface area contributed by atoms with Gasteiger partial charge < -0.3 is 9.47 Å². The standard InChI is InChI=1S/C16H18N2O6S/c1-10(2)24-13-8-9-14(25(17,21)22)16(18(19)20)15(13)11-4-6-12(23-3)7-5-11/h4-10H,1-3H3,(H2,17,21,22). The monoisotopic (exact) mass is 366 g/mol. The molecule has 0 unspecified atom stereocenters. The zero-order valence-corrected chi connectivity index (χ0v) is 14.7. The summed E-state index contributed by atoms with van der Waals surface area (Å²) in [5.41, 5.74) is -0.160. The maximum absolute atomic E-state index is 11.8. The zero-order chi connectivity index (χ0) is 18.8. The number of hydrogen-bond donors (Lipinski definition) is 1. The number of ether oxygens (including phenoxy) is 2. The van der Waals surface area contributed by atoms with Crippen LogP contribution in [0.25, 0.3) is 11.1 Å². The molecule has 2 rings (SSSR count). The van der Waals surface area contributed by atoms with E-state index < -0.39 is 25.5 Å². The van der Waals surface area contributed by atoms with Crippen LogP contribution < -0.4 is 14.6 Å². The van der Waals surface area contributed by atoms with Crippen molar-refractivity contribution in [1.82, 2.24) is 0 Å². The fraction of sp³-hybridized carbons (Fsp3) is 0.250. The van der Waals surface area contributed by atoms with Gasteiger partial charge in [0.2, 0.25) is 10.0 Å². The van der Waals surface area contributed by atoms with Gasteiger partial charge in [-0.15, -0.1) is 0 Å². The number of primary sulfonamides is 1. The first-order valence-corrected chi connectivity index (χ1v) is 8.85. The Hall–Kier alpha value is -2.65. The second kappa shape index (κ2) is 7.08. The molecule has 9 heteroatoms. The quantitative estimate of drug-likeness (QED) is 0.619. The van der Waals surface area contributed by atoms with Gasteiger partial charge in [0.1, 0.15) is 17.1 Å². The summed E-state index contributed by atoms with van der Waals surface area (Å²) in [7, 11) is -2.80. The number of benzene rings is 2. The summed E-state index contributed by atoms with van der Waals surface area (Å²) in [6.45, 7) is 3.52. The number of nitrogens with zero attached hydrogens (tertiary/aromatic N) is 1. The predicted octanol–water partition coefficient (Wildman–Crippen LogP) is 2.71. The van der Waals surface area contributed by atoms with Gasteiger partial charge in [0.15, 0.2) is 4.90 Å². The van der Waals surface area contributed by atoms with Crippen LogP contribution in [0.1, 0.15) is 13.8 Å². The van der Waals surface area contributed by atoms with Gasteiger partial charge in [-0.05, 0) is 43.7 Å². The molecule has 0 saturated carbocycles. The summed E-state index contributed by atoms with van der Waals surface area (Å²) in [6, 6.07) is 8.84. The van der Waals surface area contributed by atoms with E-state index in [9.17, 15) is 18.5 Å². The summed E-state index contributed by atoms with van der Waals surface area (Å²) >= 11 is 0. The molecule has 0 aromatic heterocycles. The molecule has 2 aromatic rings. The van der Waals surface area contributed by atoms with E-state index in [4.69, 9.17) is 14.6 Å². The van der Waals surface area contributed by atoms with Crippen molar-refractivity contribution in [2.45, 2.75) is 24.8 Å². The molecular formula is C16H18N2O6S. The average molecular weight is 366 g/mol. The molecule has 2 N–H and O–H groups in total. The Morgan fingerprint density at radius 2 is 1.72 bits per heavy atom. The van der Waals surface area contributed by atoms with E-state index in [1.54, 1.807) is 38.1 Å². The third kappa shape index (κ3) is 4.06. The highest BCUT2D eigenvalue weighted by atomic mass is 32.2. The van der Waals surface area contributed by atoms with Gasteiger partial charge in [-0.2, -0.15) is 0 Å². The lowest BCUT2D eigenvalue weighted by molar-refractivity contribution is -0.387. The minimum atomic E-state index is -4.29. The molecule has 0 radical (unpaired) electrons. The van der Waals surface area contributed by atoms with Gasteiger partial charge in [0.25, 0.3) is 0 Å². The van der Waals surface area contributed by atoms with Crippen LogP contribution in [0.3, 0.4) is 0 Å². The number of rotatable bonds is 6. The maximum atomic E-state index is 11.8. The predicted molar refractivity (Wildman–Crippen MR) is 92.2 cm³/mol. The highest BCUT2D eigenvalue weighted by Gasteiger charge is 2.31. The Bertz CT molecular complexity index is 892. The number of nitrogens with two attached hydrogens (primary N) is 1. The Balaban J connectivity index is 2.85. The minimum absolute atomic E-state index is 0.0490. The van der Waals surface area contributed by atoms with E-state index in [1.165, 1.54) is 13.2 Å². The van der Waals surface area contributed by atoms with E-state index in [0.29, 0.717) is 11.3 Å². The van der Waals surface area contributed by atoms with Crippen LogP contribution in [0.4, 0.5) is 5.69 Å². The van der Waals surface area contributed by atoms with Gasteiger partial charge in [0.05, 0.1) is 18.1 Å². The Morgan fingerprint density at radius 3 is 2.16 bits per heavy atom. The molecule has 0 spiro atoms. The van der Waals surface area contributed by atoms with Gasteiger partial charge in [-0.1, -0.05) is 12.1 Å². The van der Waals surface area contributed by atoms with Crippen molar-refractivity contribution in [3.05, 3.63) is 46.5 Å². The average Bonchev–Trinajstić information content (AvgIpc) is 2.52. The van der Waals surface area contributed by atoms with Crippen LogP contribution >= 0.6 is 0 Å². The number of nitro benzene ring substituents is 1. The van der Waals surface area contributed by atoms with Crippen molar-refractivity contribution in [3.63, 3.8) is 0 Å². The SMILES string of the molecule is COc1ccc(-c2c(OC(C)C)ccc(S(N)(=O)=O)c2[N+](=O)[O-])cc1. The highest BCUT2D eigenvalue weighted by molar-refractivity contribution is 7.89. The van der Waals surface area contributed by atoms with Crippen LogP contribution in [0.15, 0.2) is 41.3 Å². The molecule has 134 valence electrons. The maximum Gasteiger partial charge on any atom is 0.300 e. The lowest BCUT2D eigenvalue weighted by atomic mass is 10.0. The molecule has 25 heavy (non-hydrogen) atoms. The van der Waals surface area contributed by atoms with E-state index >= 15 is 0 Å². The molecular weight excluding hydrogens is 348 g/mol. The first-order chi connectivity index (χ1) is 11.6. The first kappa shape index (κ1) is 18.7. The number of hydrogen-bond acceptors (Lipinski definition) is 6. The molecule has 0 saturated heterocycles. The van der Waals surface area contributed by atoms with Crippen LogP contribution in [0.2, 0.25) is 0 Å². The van der Waals surface area contributed by atoms with E-state index in [2.05, 4.69) is 0 Å². The van der Waals surface area contributed by atoms with Crippen molar-refractivity contribution in [3.8, 4) is 22.6 Å². The van der Waals surface area contributed by atoms with Crippen LogP contribution in [0, 0.1) is 10.1 Å². The van der Waals surface area contributed by atoms with Crippen molar-refractivity contribution in [2.24, 2.45) is 5.14 Å². The normalized spacial score (nSPS) is 11.4. The van der Waals surface area contributed by atoms with Gasteiger partial charge in [0, 0.05) is 0 Å². The van der Waals surface area contributed by atoms with Crippen molar-refractivity contribution in [2.75, 3.05) is 7.11 Å². The van der Waals surface area contributed by atoms with Crippen LogP contribution in [-0.2, 0) is 10.0 Å². The third-order valence-corrected chi connectivity index (χ3v) is 4.28. The fourth-order valence-corrected chi connectivity index (χ4v) is 3.06. The first-order valence-electron chi connectivity index (χ1n) is 7.30. The largest absolute Gasteiger partial charge is 0.497 e. The summed E-state index contributed by atoms with van der Waals surface area (Å²) < 4.78 is 34.3. The smallest absolute Gasteiger partial charge is 0.300 e. The zero-order valence-electron chi connectivity index (χ0n) is 13.9. The molecule has 0 atom stereocenters. The molecule has 0 heterocycles. The lowest BCUT2D eigenvalue weighted by Gasteiger charge is -2.16. The molecule has 0 amide bonds. The molecule has 0 aliphatic rings. The molecule has 0 aliphatic carbocycles. The van der Waals surface area contributed by atoms with Crippen LogP contribution in [-0.4, -0.2) is 26.6 Å². The van der Waals surface area contributed by atoms with Crippen molar-refractivity contribution < 1.29 is 22.8 Å². The Labute approximate surface area is 145 Å². The minimum Gasteiger partial charge on any atom is -0.497 e. The summed E-state index contributed by atoms with van der Waals surface area (Å²) in [6.07, 6.45) is -0.267. The fourth-order valence-electron chi connectivity index (χ4n) is 2.35. The van der Waals surface area contributed by atoms with Gasteiger partial charge in [-0.25, -0.2) is 13.6 Å². The second-order valence-corrected chi connectivity index (χ2v) is 7.01. The topological polar surface area (TPSA) is 122 Å². The van der Waals surface area contributed by atoms with E-state index in [0.717, 1.165) is 6.07 Å². The molecule has 2 aromatic carbocycles. The lowest BCUT2D eigenvalue weighted by Crippen LogP contribution is -2.16. The Kier molecular flexibility index (Phi) is 5.29. The molecule has 0 bridgehead atoms. The van der Waals surface area contributed by atoms with Crippen LogP contribution in [0.5, 0.6) is 11.5 Å². The number of nitro groups is 1. The number of methoxy groups -OCH3 is 1. The number of sulfonamides is 1. The molecule has 8 nitrogen and oxygen atoms in total. The van der Waals surface area contributed by atoms with E-state index in [1.807, 2.05) is 0 Å². The summed E-state index contributed by atoms with van der Waals surface area (Å²) in [4.78, 5) is 10.3.